The second kappa shape index (κ2) is 7.47. The Morgan fingerprint density at radius 1 is 1.08 bits per heavy atom. The summed E-state index contributed by atoms with van der Waals surface area (Å²) in [5, 5.41) is 7.16. The van der Waals surface area contributed by atoms with Crippen LogP contribution >= 0.6 is 0 Å². The number of benzene rings is 2. The maximum Gasteiger partial charge on any atom is 0.175 e. The Morgan fingerprint density at radius 2 is 1.79 bits per heavy atom. The van der Waals surface area contributed by atoms with Gasteiger partial charge in [-0.15, -0.1) is 0 Å². The van der Waals surface area contributed by atoms with Gasteiger partial charge in [0, 0.05) is 24.9 Å². The third kappa shape index (κ3) is 4.04. The van der Waals surface area contributed by atoms with Crippen LogP contribution in [0, 0.1) is 0 Å². The summed E-state index contributed by atoms with van der Waals surface area (Å²) in [5.41, 5.74) is 2.10. The van der Waals surface area contributed by atoms with Gasteiger partial charge < -0.3 is 10.6 Å². The van der Waals surface area contributed by atoms with Crippen LogP contribution in [-0.2, 0) is 16.4 Å². The number of piperidine rings is 1. The van der Waals surface area contributed by atoms with Crippen LogP contribution in [-0.4, -0.2) is 27.3 Å². The molecule has 1 aliphatic rings. The van der Waals surface area contributed by atoms with Crippen LogP contribution in [0.15, 0.2) is 59.5 Å². The average Bonchev–Trinajstić information content (AvgIpc) is 2.60. The molecule has 1 fully saturated rings. The summed E-state index contributed by atoms with van der Waals surface area (Å²) in [7, 11) is -3.21. The van der Waals surface area contributed by atoms with Crippen LogP contribution in [0.2, 0.25) is 0 Å². The molecule has 5 heteroatoms. The fourth-order valence-corrected chi connectivity index (χ4v) is 4.31. The molecule has 2 aromatic carbocycles. The van der Waals surface area contributed by atoms with Crippen molar-refractivity contribution in [1.82, 2.24) is 10.6 Å². The SMILES string of the molecule is CS(=O)(=O)c1ccccc1CNC1CCCNC1c1ccccc1. The molecule has 0 saturated carbocycles. The van der Waals surface area contributed by atoms with Crippen LogP contribution in [0.3, 0.4) is 0 Å². The number of nitrogens with one attached hydrogen (secondary N) is 2. The lowest BCUT2D eigenvalue weighted by Crippen LogP contribution is -2.45. The molecule has 0 aliphatic carbocycles. The second-order valence-corrected chi connectivity index (χ2v) is 8.34. The van der Waals surface area contributed by atoms with Crippen molar-refractivity contribution >= 4 is 9.84 Å². The van der Waals surface area contributed by atoms with Gasteiger partial charge in [0.15, 0.2) is 9.84 Å². The van der Waals surface area contributed by atoms with Crippen molar-refractivity contribution in [1.29, 1.82) is 0 Å². The first kappa shape index (κ1) is 17.1. The van der Waals surface area contributed by atoms with Crippen molar-refractivity contribution in [2.45, 2.75) is 36.4 Å². The maximum atomic E-state index is 12.0. The van der Waals surface area contributed by atoms with Crippen LogP contribution in [0.25, 0.3) is 0 Å². The van der Waals surface area contributed by atoms with Gasteiger partial charge in [0.2, 0.25) is 0 Å². The van der Waals surface area contributed by atoms with E-state index < -0.39 is 9.84 Å². The largest absolute Gasteiger partial charge is 0.309 e. The fraction of sp³-hybridized carbons (Fsp3) is 0.368. The van der Waals surface area contributed by atoms with Crippen LogP contribution in [0.1, 0.15) is 30.0 Å². The zero-order valence-electron chi connectivity index (χ0n) is 13.9. The van der Waals surface area contributed by atoms with Crippen molar-refractivity contribution in [2.24, 2.45) is 0 Å². The molecule has 0 bridgehead atoms. The van der Waals surface area contributed by atoms with E-state index in [0.717, 1.165) is 24.9 Å². The summed E-state index contributed by atoms with van der Waals surface area (Å²) < 4.78 is 23.9. The average molecular weight is 344 g/mol. The van der Waals surface area contributed by atoms with Gasteiger partial charge in [-0.1, -0.05) is 48.5 Å². The lowest BCUT2D eigenvalue weighted by atomic mass is 9.92. The van der Waals surface area contributed by atoms with Crippen LogP contribution in [0.4, 0.5) is 0 Å². The van der Waals surface area contributed by atoms with Crippen LogP contribution in [0.5, 0.6) is 0 Å². The molecule has 2 aromatic rings. The number of rotatable bonds is 5. The first-order valence-corrected chi connectivity index (χ1v) is 10.2. The molecular weight excluding hydrogens is 320 g/mol. The van der Waals surface area contributed by atoms with Crippen molar-refractivity contribution in [3.05, 3.63) is 65.7 Å². The monoisotopic (exact) mass is 344 g/mol. The first-order valence-electron chi connectivity index (χ1n) is 8.35. The highest BCUT2D eigenvalue weighted by molar-refractivity contribution is 7.90. The Bertz CT molecular complexity index is 775. The lowest BCUT2D eigenvalue weighted by Gasteiger charge is -2.34. The van der Waals surface area contributed by atoms with Gasteiger partial charge in [-0.3, -0.25) is 0 Å². The normalized spacial score (nSPS) is 21.5. The highest BCUT2D eigenvalue weighted by atomic mass is 32.2. The van der Waals surface area contributed by atoms with E-state index in [4.69, 9.17) is 0 Å². The standard InChI is InChI=1S/C19H24N2O2S/c1-24(22,23)18-12-6-5-10-16(18)14-21-17-11-7-13-20-19(17)15-8-3-2-4-9-15/h2-6,8-10,12,17,19-21H,7,11,13-14H2,1H3. The third-order valence-electron chi connectivity index (χ3n) is 4.54. The molecule has 3 rings (SSSR count). The minimum absolute atomic E-state index is 0.255. The predicted octanol–water partition coefficient (Wildman–Crippen LogP) is 2.67. The quantitative estimate of drug-likeness (QED) is 0.875. The Kier molecular flexibility index (Phi) is 5.33. The van der Waals surface area contributed by atoms with Crippen LogP contribution < -0.4 is 10.6 Å². The van der Waals surface area contributed by atoms with Gasteiger partial charge in [-0.25, -0.2) is 8.42 Å². The molecule has 2 unspecified atom stereocenters. The predicted molar refractivity (Wildman–Crippen MR) is 96.6 cm³/mol. The molecule has 1 saturated heterocycles. The highest BCUT2D eigenvalue weighted by Crippen LogP contribution is 2.24. The minimum Gasteiger partial charge on any atom is -0.309 e. The summed E-state index contributed by atoms with van der Waals surface area (Å²) in [6.07, 6.45) is 3.46. The lowest BCUT2D eigenvalue weighted by molar-refractivity contribution is 0.304. The van der Waals surface area contributed by atoms with Crippen molar-refractivity contribution in [2.75, 3.05) is 12.8 Å². The van der Waals surface area contributed by atoms with Gasteiger partial charge in [-0.05, 0) is 36.6 Å². The smallest absolute Gasteiger partial charge is 0.175 e. The molecule has 24 heavy (non-hydrogen) atoms. The van der Waals surface area contributed by atoms with E-state index in [9.17, 15) is 8.42 Å². The molecule has 128 valence electrons. The highest BCUT2D eigenvalue weighted by Gasteiger charge is 2.26. The Morgan fingerprint density at radius 3 is 2.54 bits per heavy atom. The van der Waals surface area contributed by atoms with E-state index in [1.165, 1.54) is 11.8 Å². The van der Waals surface area contributed by atoms with Crippen molar-refractivity contribution < 1.29 is 8.42 Å². The first-order chi connectivity index (χ1) is 11.6. The summed E-state index contributed by atoms with van der Waals surface area (Å²) >= 11 is 0. The van der Waals surface area contributed by atoms with E-state index in [1.807, 2.05) is 18.2 Å². The van der Waals surface area contributed by atoms with Gasteiger partial charge in [0.25, 0.3) is 0 Å². The van der Waals surface area contributed by atoms with Gasteiger partial charge in [0.05, 0.1) is 4.90 Å². The molecular formula is C19H24N2O2S. The molecule has 0 aromatic heterocycles. The third-order valence-corrected chi connectivity index (χ3v) is 5.74. The Balaban J connectivity index is 1.76. The van der Waals surface area contributed by atoms with Crippen molar-refractivity contribution in [3.8, 4) is 0 Å². The van der Waals surface area contributed by atoms with E-state index in [1.54, 1.807) is 12.1 Å². The number of hydrogen-bond acceptors (Lipinski definition) is 4. The summed E-state index contributed by atoms with van der Waals surface area (Å²) in [6.45, 7) is 1.57. The summed E-state index contributed by atoms with van der Waals surface area (Å²) in [4.78, 5) is 0.414. The molecule has 1 heterocycles. The number of sulfone groups is 1. The summed E-state index contributed by atoms with van der Waals surface area (Å²) in [6, 6.07) is 18.2. The molecule has 0 amide bonds. The van der Waals surface area contributed by atoms with E-state index in [0.29, 0.717) is 11.4 Å². The molecule has 4 nitrogen and oxygen atoms in total. The van der Waals surface area contributed by atoms with E-state index >= 15 is 0 Å². The molecule has 0 radical (unpaired) electrons. The zero-order chi connectivity index (χ0) is 17.0. The van der Waals surface area contributed by atoms with Gasteiger partial charge in [-0.2, -0.15) is 0 Å². The second-order valence-electron chi connectivity index (χ2n) is 6.35. The molecule has 0 spiro atoms. The van der Waals surface area contributed by atoms with Crippen molar-refractivity contribution in [3.63, 3.8) is 0 Å². The van der Waals surface area contributed by atoms with E-state index in [2.05, 4.69) is 34.9 Å². The zero-order valence-corrected chi connectivity index (χ0v) is 14.7. The fourth-order valence-electron chi connectivity index (χ4n) is 3.37. The van der Waals surface area contributed by atoms with E-state index in [-0.39, 0.29) is 12.1 Å². The van der Waals surface area contributed by atoms with Gasteiger partial charge >= 0.3 is 0 Å². The molecule has 2 atom stereocenters. The number of hydrogen-bond donors (Lipinski definition) is 2. The van der Waals surface area contributed by atoms with Gasteiger partial charge in [0.1, 0.15) is 0 Å². The Hall–Kier alpha value is -1.69. The Labute approximate surface area is 144 Å². The maximum absolute atomic E-state index is 12.0. The topological polar surface area (TPSA) is 58.2 Å². The summed E-state index contributed by atoms with van der Waals surface area (Å²) in [5.74, 6) is 0. The molecule has 2 N–H and O–H groups in total. The minimum atomic E-state index is -3.21. The molecule has 1 aliphatic heterocycles.